The molecular formula is C15H21N5. The summed E-state index contributed by atoms with van der Waals surface area (Å²) >= 11 is 0. The van der Waals surface area contributed by atoms with Crippen molar-refractivity contribution >= 4 is 5.95 Å². The summed E-state index contributed by atoms with van der Waals surface area (Å²) in [5.41, 5.74) is 1.28. The van der Waals surface area contributed by atoms with Crippen molar-refractivity contribution in [2.75, 3.05) is 12.4 Å². The molecule has 2 saturated heterocycles. The van der Waals surface area contributed by atoms with Gasteiger partial charge >= 0.3 is 0 Å². The number of aromatic nitrogens is 2. The zero-order valence-corrected chi connectivity index (χ0v) is 12.1. The Labute approximate surface area is 120 Å². The zero-order chi connectivity index (χ0) is 14.1. The average Bonchev–Trinajstić information content (AvgIpc) is 2.39. The maximum Gasteiger partial charge on any atom is 0.224 e. The number of nitrogens with one attached hydrogen (secondary N) is 1. The molecule has 3 rings (SSSR count). The van der Waals surface area contributed by atoms with Gasteiger partial charge < -0.3 is 10.2 Å². The number of nitriles is 1. The van der Waals surface area contributed by atoms with Gasteiger partial charge in [-0.15, -0.1) is 0 Å². The van der Waals surface area contributed by atoms with Gasteiger partial charge in [-0.1, -0.05) is 6.42 Å². The van der Waals surface area contributed by atoms with Crippen molar-refractivity contribution in [3.05, 3.63) is 17.5 Å². The molecule has 0 amide bonds. The summed E-state index contributed by atoms with van der Waals surface area (Å²) in [6.07, 6.45) is 6.23. The molecule has 2 aliphatic heterocycles. The maximum absolute atomic E-state index is 8.98. The van der Waals surface area contributed by atoms with E-state index < -0.39 is 0 Å². The number of hydrogen-bond acceptors (Lipinski definition) is 5. The Hall–Kier alpha value is -1.67. The van der Waals surface area contributed by atoms with Crippen LogP contribution in [0.5, 0.6) is 0 Å². The molecular weight excluding hydrogens is 250 g/mol. The van der Waals surface area contributed by atoms with Crippen molar-refractivity contribution in [1.82, 2.24) is 14.9 Å². The first-order chi connectivity index (χ1) is 9.65. The van der Waals surface area contributed by atoms with E-state index in [1.165, 1.54) is 19.3 Å². The summed E-state index contributed by atoms with van der Waals surface area (Å²) < 4.78 is 0. The summed E-state index contributed by atoms with van der Waals surface area (Å²) in [7, 11) is 2.25. The Kier molecular flexibility index (Phi) is 3.58. The van der Waals surface area contributed by atoms with Crippen LogP contribution < -0.4 is 5.32 Å². The van der Waals surface area contributed by atoms with Crippen molar-refractivity contribution in [1.29, 1.82) is 5.26 Å². The molecule has 0 aromatic carbocycles. The van der Waals surface area contributed by atoms with E-state index >= 15 is 0 Å². The molecule has 1 aromatic rings. The monoisotopic (exact) mass is 271 g/mol. The lowest BCUT2D eigenvalue weighted by Crippen LogP contribution is -2.52. The second kappa shape index (κ2) is 5.37. The van der Waals surface area contributed by atoms with Crippen molar-refractivity contribution in [2.24, 2.45) is 0 Å². The normalized spacial score (nSPS) is 29.8. The van der Waals surface area contributed by atoms with E-state index in [9.17, 15) is 0 Å². The van der Waals surface area contributed by atoms with Gasteiger partial charge in [-0.3, -0.25) is 0 Å². The number of anilines is 1. The second-order valence-electron chi connectivity index (χ2n) is 6.05. The molecule has 0 saturated carbocycles. The summed E-state index contributed by atoms with van der Waals surface area (Å²) in [6.45, 7) is 1.90. The van der Waals surface area contributed by atoms with Crippen LogP contribution in [-0.2, 0) is 0 Å². The standard InChI is InChI=1S/C15H21N5/c1-10-6-12(9-16)19-15(17-10)18-11-7-13-4-3-5-14(8-11)20(13)2/h6,11,13-14H,3-5,7-8H2,1-2H3,(H,17,18,19). The minimum atomic E-state index is 0.426. The molecule has 0 spiro atoms. The van der Waals surface area contributed by atoms with E-state index in [-0.39, 0.29) is 0 Å². The number of hydrogen-bond donors (Lipinski definition) is 1. The highest BCUT2D eigenvalue weighted by Crippen LogP contribution is 2.33. The van der Waals surface area contributed by atoms with E-state index in [4.69, 9.17) is 5.26 Å². The van der Waals surface area contributed by atoms with Crippen molar-refractivity contribution < 1.29 is 0 Å². The lowest BCUT2D eigenvalue weighted by atomic mass is 9.82. The molecule has 5 nitrogen and oxygen atoms in total. The summed E-state index contributed by atoms with van der Waals surface area (Å²) in [5, 5.41) is 12.4. The molecule has 20 heavy (non-hydrogen) atoms. The summed E-state index contributed by atoms with van der Waals surface area (Å²) in [6, 6.07) is 5.60. The largest absolute Gasteiger partial charge is 0.351 e. The highest BCUT2D eigenvalue weighted by molar-refractivity contribution is 5.34. The molecule has 106 valence electrons. The van der Waals surface area contributed by atoms with Gasteiger partial charge in [0.15, 0.2) is 0 Å². The van der Waals surface area contributed by atoms with Crippen LogP contribution in [0, 0.1) is 18.3 Å². The minimum Gasteiger partial charge on any atom is -0.351 e. The average molecular weight is 271 g/mol. The fraction of sp³-hybridized carbons (Fsp3) is 0.667. The lowest BCUT2D eigenvalue weighted by molar-refractivity contribution is 0.0607. The van der Waals surface area contributed by atoms with Gasteiger partial charge in [-0.25, -0.2) is 9.97 Å². The first-order valence-corrected chi connectivity index (χ1v) is 7.40. The molecule has 0 aliphatic carbocycles. The van der Waals surface area contributed by atoms with Gasteiger partial charge in [0.1, 0.15) is 11.8 Å². The van der Waals surface area contributed by atoms with Crippen LogP contribution in [0.2, 0.25) is 0 Å². The predicted molar refractivity (Wildman–Crippen MR) is 77.3 cm³/mol. The van der Waals surface area contributed by atoms with Gasteiger partial charge in [0.05, 0.1) is 0 Å². The van der Waals surface area contributed by atoms with Gasteiger partial charge in [0.25, 0.3) is 0 Å². The Balaban J connectivity index is 1.72. The number of rotatable bonds is 2. The third kappa shape index (κ3) is 2.61. The molecule has 2 fully saturated rings. The number of aryl methyl sites for hydroxylation is 1. The van der Waals surface area contributed by atoms with Crippen LogP contribution in [-0.4, -0.2) is 40.0 Å². The zero-order valence-electron chi connectivity index (χ0n) is 12.1. The van der Waals surface area contributed by atoms with Crippen LogP contribution in [0.4, 0.5) is 5.95 Å². The molecule has 1 N–H and O–H groups in total. The van der Waals surface area contributed by atoms with Gasteiger partial charge in [-0.2, -0.15) is 5.26 Å². The first-order valence-electron chi connectivity index (χ1n) is 7.40. The van der Waals surface area contributed by atoms with E-state index in [1.807, 2.05) is 6.92 Å². The quantitative estimate of drug-likeness (QED) is 0.892. The van der Waals surface area contributed by atoms with Crippen LogP contribution in [0.1, 0.15) is 43.5 Å². The van der Waals surface area contributed by atoms with Crippen molar-refractivity contribution in [3.63, 3.8) is 0 Å². The smallest absolute Gasteiger partial charge is 0.224 e. The van der Waals surface area contributed by atoms with Crippen LogP contribution in [0.3, 0.4) is 0 Å². The molecule has 2 atom stereocenters. The van der Waals surface area contributed by atoms with Crippen LogP contribution in [0.25, 0.3) is 0 Å². The topological polar surface area (TPSA) is 64.8 Å². The van der Waals surface area contributed by atoms with Crippen molar-refractivity contribution in [2.45, 2.75) is 57.2 Å². The van der Waals surface area contributed by atoms with Crippen LogP contribution >= 0.6 is 0 Å². The molecule has 0 radical (unpaired) electrons. The molecule has 2 aliphatic rings. The van der Waals surface area contributed by atoms with Crippen molar-refractivity contribution in [3.8, 4) is 6.07 Å². The molecule has 2 unspecified atom stereocenters. The first kappa shape index (κ1) is 13.3. The number of nitrogens with zero attached hydrogens (tertiary/aromatic N) is 4. The fourth-order valence-corrected chi connectivity index (χ4v) is 3.61. The summed E-state index contributed by atoms with van der Waals surface area (Å²) in [5.74, 6) is 0.606. The molecule has 3 heterocycles. The van der Waals surface area contributed by atoms with E-state index in [2.05, 4.69) is 33.3 Å². The second-order valence-corrected chi connectivity index (χ2v) is 6.05. The van der Waals surface area contributed by atoms with Gasteiger partial charge in [0, 0.05) is 23.8 Å². The number of piperidine rings is 2. The Morgan fingerprint density at radius 3 is 2.65 bits per heavy atom. The third-order valence-electron chi connectivity index (χ3n) is 4.64. The molecule has 5 heteroatoms. The SMILES string of the molecule is Cc1cc(C#N)nc(NC2CC3CCCC(C2)N3C)n1. The number of fused-ring (bicyclic) bond motifs is 2. The van der Waals surface area contributed by atoms with Gasteiger partial charge in [0.2, 0.25) is 5.95 Å². The van der Waals surface area contributed by atoms with Gasteiger partial charge in [-0.05, 0) is 45.7 Å². The predicted octanol–water partition coefficient (Wildman–Crippen LogP) is 2.08. The van der Waals surface area contributed by atoms with Crippen LogP contribution in [0.15, 0.2) is 6.07 Å². The Bertz CT molecular complexity index is 522. The van der Waals surface area contributed by atoms with E-state index in [0.717, 1.165) is 18.5 Å². The van der Waals surface area contributed by atoms with E-state index in [1.54, 1.807) is 6.07 Å². The minimum absolute atomic E-state index is 0.426. The summed E-state index contributed by atoms with van der Waals surface area (Å²) in [4.78, 5) is 11.2. The Morgan fingerprint density at radius 2 is 2.00 bits per heavy atom. The fourth-order valence-electron chi connectivity index (χ4n) is 3.61. The maximum atomic E-state index is 8.98. The Morgan fingerprint density at radius 1 is 1.30 bits per heavy atom. The highest BCUT2D eigenvalue weighted by atomic mass is 15.2. The molecule has 2 bridgehead atoms. The lowest BCUT2D eigenvalue weighted by Gasteiger charge is -2.47. The molecule has 1 aromatic heterocycles. The third-order valence-corrected chi connectivity index (χ3v) is 4.64. The van der Waals surface area contributed by atoms with E-state index in [0.29, 0.717) is 29.8 Å². The highest BCUT2D eigenvalue weighted by Gasteiger charge is 2.36.